The fourth-order valence-electron chi connectivity index (χ4n) is 1.75. The van der Waals surface area contributed by atoms with Crippen LogP contribution in [-0.4, -0.2) is 49.5 Å². The third-order valence-corrected chi connectivity index (χ3v) is 7.37. The Labute approximate surface area is 204 Å². The van der Waals surface area contributed by atoms with Crippen LogP contribution < -0.4 is 0 Å². The van der Waals surface area contributed by atoms with Gasteiger partial charge in [-0.05, 0) is 79.9 Å². The predicted molar refractivity (Wildman–Crippen MR) is 121 cm³/mol. The Bertz CT molecular complexity index is 901. The largest absolute Gasteiger partial charge is 0.458 e. The smallest absolute Gasteiger partial charge is 0.426 e. The van der Waals surface area contributed by atoms with Gasteiger partial charge in [0, 0.05) is 10.7 Å². The third-order valence-electron chi connectivity index (χ3n) is 2.98. The Morgan fingerprint density at radius 3 is 2.34 bits per heavy atom. The number of esters is 2. The normalized spacial score (nSPS) is 13.3. The molecule has 0 aliphatic rings. The molecule has 29 heavy (non-hydrogen) atoms. The number of ether oxygens (including phenoxy) is 2. The van der Waals surface area contributed by atoms with Crippen LogP contribution in [0.1, 0.15) is 16.8 Å². The van der Waals surface area contributed by atoms with Crippen molar-refractivity contribution in [1.29, 1.82) is 0 Å². The van der Waals surface area contributed by atoms with Gasteiger partial charge in [0.05, 0.1) is 12.0 Å². The lowest BCUT2D eigenvalue weighted by Crippen LogP contribution is -2.39. The molecule has 0 fully saturated rings. The van der Waals surface area contributed by atoms with Crippen LogP contribution in [0.25, 0.3) is 0 Å². The molecule has 1 atom stereocenters. The van der Waals surface area contributed by atoms with Gasteiger partial charge in [-0.15, -0.1) is 0 Å². The molecule has 14 heteroatoms. The Balaban J connectivity index is 2.57. The second-order valence-corrected chi connectivity index (χ2v) is 10.3. The molecule has 0 heterocycles. The molecule has 1 N–H and O–H groups in total. The van der Waals surface area contributed by atoms with Crippen molar-refractivity contribution in [3.63, 3.8) is 0 Å². The van der Waals surface area contributed by atoms with E-state index in [0.29, 0.717) is 9.13 Å². The summed E-state index contributed by atoms with van der Waals surface area (Å²) in [6.45, 7) is -0.238. The van der Waals surface area contributed by atoms with Gasteiger partial charge in [-0.1, -0.05) is 12.2 Å². The molecule has 0 spiro atoms. The van der Waals surface area contributed by atoms with Crippen LogP contribution in [0.3, 0.4) is 0 Å². The highest BCUT2D eigenvalue weighted by atomic mass is 127. The highest BCUT2D eigenvalue weighted by molar-refractivity contribution is 14.1. The van der Waals surface area contributed by atoms with Gasteiger partial charge >= 0.3 is 18.1 Å². The molecular weight excluding hydrogens is 762 g/mol. The van der Waals surface area contributed by atoms with Crippen LogP contribution in [0, 0.1) is 10.7 Å². The Morgan fingerprint density at radius 2 is 1.79 bits per heavy atom. The number of halogens is 6. The second kappa shape index (κ2) is 11.4. The lowest BCUT2D eigenvalue weighted by molar-refractivity contribution is -0.214. The molecule has 0 aliphatic heterocycles. The maximum Gasteiger partial charge on any atom is 0.426 e. The van der Waals surface area contributed by atoms with E-state index < -0.39 is 46.5 Å². The summed E-state index contributed by atoms with van der Waals surface area (Å²) in [7, 11) is -5.00. The number of benzene rings is 1. The minimum Gasteiger partial charge on any atom is -0.458 e. The number of hydrogen-bond donors (Lipinski definition) is 1. The van der Waals surface area contributed by atoms with E-state index >= 15 is 0 Å². The van der Waals surface area contributed by atoms with E-state index in [2.05, 4.69) is 27.3 Å². The first-order chi connectivity index (χ1) is 13.2. The number of carbonyl (C=O) groups is 2. The molecule has 1 aromatic rings. The Morgan fingerprint density at radius 1 is 1.17 bits per heavy atom. The summed E-state index contributed by atoms with van der Waals surface area (Å²) in [5.41, 5.74) is 0.355. The standard InChI is InChI=1S/C15H12F3I3O7S/c16-15(17,18)11(7-29(24,25)26)28-12(22)3-1-2-4-27-14(23)9-5-8(19)6-10(20)13(9)21/h1-2,5-6,11H,3-4,7H2,(H,24,25,26)/b2-1-. The average Bonchev–Trinajstić information content (AvgIpc) is 2.55. The molecule has 1 rings (SSSR count). The molecule has 1 aromatic carbocycles. The number of carbonyl (C=O) groups excluding carboxylic acids is 2. The lowest BCUT2D eigenvalue weighted by Gasteiger charge is -2.18. The summed E-state index contributed by atoms with van der Waals surface area (Å²) in [6, 6.07) is 3.52. The van der Waals surface area contributed by atoms with Gasteiger partial charge in [-0.3, -0.25) is 9.35 Å². The zero-order valence-electron chi connectivity index (χ0n) is 14.1. The van der Waals surface area contributed by atoms with Crippen molar-refractivity contribution < 1.29 is 45.2 Å². The predicted octanol–water partition coefficient (Wildman–Crippen LogP) is 3.97. The Kier molecular flexibility index (Phi) is 10.6. The van der Waals surface area contributed by atoms with Crippen LogP contribution in [0.15, 0.2) is 24.3 Å². The van der Waals surface area contributed by atoms with Crippen molar-refractivity contribution in [2.24, 2.45) is 0 Å². The lowest BCUT2D eigenvalue weighted by atomic mass is 10.2. The monoisotopic (exact) mass is 774 g/mol. The molecule has 0 saturated heterocycles. The molecule has 0 amide bonds. The van der Waals surface area contributed by atoms with E-state index in [-0.39, 0.29) is 6.61 Å². The zero-order valence-corrected chi connectivity index (χ0v) is 21.4. The number of alkyl halides is 3. The fraction of sp³-hybridized carbons (Fsp3) is 0.333. The van der Waals surface area contributed by atoms with Gasteiger partial charge < -0.3 is 9.47 Å². The van der Waals surface area contributed by atoms with Crippen molar-refractivity contribution in [3.8, 4) is 0 Å². The van der Waals surface area contributed by atoms with Crippen LogP contribution in [-0.2, 0) is 24.4 Å². The fourth-order valence-corrected chi connectivity index (χ4v) is 4.76. The van der Waals surface area contributed by atoms with Gasteiger partial charge in [-0.25, -0.2) is 4.79 Å². The molecule has 0 saturated carbocycles. The third kappa shape index (κ3) is 10.1. The van der Waals surface area contributed by atoms with Crippen molar-refractivity contribution in [2.75, 3.05) is 12.4 Å². The van der Waals surface area contributed by atoms with Gasteiger partial charge in [0.1, 0.15) is 12.4 Å². The van der Waals surface area contributed by atoms with Crippen molar-refractivity contribution >= 4 is 89.8 Å². The first kappa shape index (κ1) is 26.8. The summed E-state index contributed by atoms with van der Waals surface area (Å²) < 4.78 is 79.2. The van der Waals surface area contributed by atoms with E-state index in [4.69, 9.17) is 9.29 Å². The van der Waals surface area contributed by atoms with E-state index in [9.17, 15) is 31.2 Å². The minimum atomic E-state index is -5.16. The maximum absolute atomic E-state index is 12.7. The summed E-state index contributed by atoms with van der Waals surface area (Å²) >= 11 is 6.12. The zero-order chi connectivity index (χ0) is 22.4. The summed E-state index contributed by atoms with van der Waals surface area (Å²) in [5, 5.41) is 0. The van der Waals surface area contributed by atoms with E-state index in [1.807, 2.05) is 51.2 Å². The van der Waals surface area contributed by atoms with Crippen LogP contribution in [0.5, 0.6) is 0 Å². The number of hydrogen-bond acceptors (Lipinski definition) is 6. The van der Waals surface area contributed by atoms with E-state index in [0.717, 1.165) is 13.2 Å². The molecule has 0 radical (unpaired) electrons. The van der Waals surface area contributed by atoms with Crippen LogP contribution >= 0.6 is 67.8 Å². The van der Waals surface area contributed by atoms with Crippen molar-refractivity contribution in [3.05, 3.63) is 40.6 Å². The minimum absolute atomic E-state index is 0.238. The van der Waals surface area contributed by atoms with Gasteiger partial charge in [0.25, 0.3) is 10.1 Å². The molecule has 0 bridgehead atoms. The van der Waals surface area contributed by atoms with Gasteiger partial charge in [-0.2, -0.15) is 21.6 Å². The molecule has 162 valence electrons. The van der Waals surface area contributed by atoms with E-state index in [1.165, 1.54) is 6.08 Å². The number of rotatable bonds is 8. The summed E-state index contributed by atoms with van der Waals surface area (Å²) in [4.78, 5) is 23.6. The molecule has 7 nitrogen and oxygen atoms in total. The average molecular weight is 774 g/mol. The SMILES string of the molecule is O=C(C/C=C\COC(=O)c1cc(I)cc(I)c1I)OC(CS(=O)(=O)O)C(F)(F)F. The quantitative estimate of drug-likeness (QED) is 0.140. The Hall–Kier alpha value is -0.210. The van der Waals surface area contributed by atoms with Crippen molar-refractivity contribution in [1.82, 2.24) is 0 Å². The molecular formula is C15H12F3I3O7S. The maximum atomic E-state index is 12.7. The van der Waals surface area contributed by atoms with E-state index in [1.54, 1.807) is 6.07 Å². The van der Waals surface area contributed by atoms with Gasteiger partial charge in [0.15, 0.2) is 0 Å². The first-order valence-corrected chi connectivity index (χ1v) is 12.2. The first-order valence-electron chi connectivity index (χ1n) is 7.38. The van der Waals surface area contributed by atoms with Crippen LogP contribution in [0.4, 0.5) is 13.2 Å². The summed E-state index contributed by atoms with van der Waals surface area (Å²) in [5.74, 6) is -3.76. The van der Waals surface area contributed by atoms with Gasteiger partial charge in [0.2, 0.25) is 6.10 Å². The molecule has 0 aliphatic carbocycles. The van der Waals surface area contributed by atoms with Crippen LogP contribution in [0.2, 0.25) is 0 Å². The highest BCUT2D eigenvalue weighted by Crippen LogP contribution is 2.25. The van der Waals surface area contributed by atoms with Crippen molar-refractivity contribution in [2.45, 2.75) is 18.7 Å². The summed E-state index contributed by atoms with van der Waals surface area (Å²) in [6.07, 6.45) is -6.42. The molecule has 1 unspecified atom stereocenters. The highest BCUT2D eigenvalue weighted by Gasteiger charge is 2.45. The second-order valence-electron chi connectivity index (χ2n) is 5.29. The topological polar surface area (TPSA) is 107 Å². The molecule has 0 aromatic heterocycles.